The molecule has 1 aromatic heterocycles. The Morgan fingerprint density at radius 1 is 0.974 bits per heavy atom. The first kappa shape index (κ1) is 26.3. The lowest BCUT2D eigenvalue weighted by Gasteiger charge is -2.25. The first-order valence-corrected chi connectivity index (χ1v) is 12.7. The Morgan fingerprint density at radius 3 is 2.36 bits per heavy atom. The molecule has 0 spiro atoms. The van der Waals surface area contributed by atoms with Crippen LogP contribution >= 0.6 is 23.2 Å². The van der Waals surface area contributed by atoms with Crippen molar-refractivity contribution in [3.8, 4) is 11.5 Å². The number of Topliss-reactive ketones (excluding diaryl/α,β-unsaturated/α-hetero) is 1. The largest absolute Gasteiger partial charge is 0.507 e. The normalized spacial score (nSPS) is 16.4. The molecule has 1 saturated heterocycles. The third-order valence-electron chi connectivity index (χ3n) is 6.24. The van der Waals surface area contributed by atoms with Crippen LogP contribution in [0.2, 0.25) is 10.0 Å². The summed E-state index contributed by atoms with van der Waals surface area (Å²) < 4.78 is 11.2. The van der Waals surface area contributed by atoms with E-state index in [-0.39, 0.29) is 26.9 Å². The van der Waals surface area contributed by atoms with Crippen molar-refractivity contribution in [3.63, 3.8) is 0 Å². The van der Waals surface area contributed by atoms with E-state index in [4.69, 9.17) is 32.7 Å². The van der Waals surface area contributed by atoms with Crippen molar-refractivity contribution in [3.05, 3.63) is 124 Å². The molecule has 1 atom stereocenters. The predicted octanol–water partition coefficient (Wildman–Crippen LogP) is 6.60. The van der Waals surface area contributed by atoms with E-state index in [2.05, 4.69) is 4.98 Å². The number of amides is 1. The Bertz CT molecular complexity index is 1560. The minimum Gasteiger partial charge on any atom is -0.507 e. The third-order valence-corrected chi connectivity index (χ3v) is 6.74. The van der Waals surface area contributed by atoms with Gasteiger partial charge in [0, 0.05) is 16.9 Å². The molecule has 0 saturated carbocycles. The number of pyridine rings is 1. The number of ketones is 1. The lowest BCUT2D eigenvalue weighted by molar-refractivity contribution is -0.132. The minimum atomic E-state index is -1.02. The van der Waals surface area contributed by atoms with Gasteiger partial charge in [0.2, 0.25) is 0 Å². The topological polar surface area (TPSA) is 89.0 Å². The maximum Gasteiger partial charge on any atom is 0.300 e. The molecule has 1 unspecified atom stereocenters. The van der Waals surface area contributed by atoms with Gasteiger partial charge >= 0.3 is 0 Å². The van der Waals surface area contributed by atoms with Gasteiger partial charge in [0.15, 0.2) is 0 Å². The number of hydrogen-bond acceptors (Lipinski definition) is 6. The SMILES string of the molecule is COc1c(Cl)cc(Cl)cc1/C(O)=C1\C(=O)C(=O)N(c2ccc(OCc3ccccc3)cc2)C1c1ccccn1. The van der Waals surface area contributed by atoms with Crippen LogP contribution in [0.4, 0.5) is 5.69 Å². The Kier molecular flexibility index (Phi) is 7.54. The number of ether oxygens (including phenoxy) is 2. The van der Waals surface area contributed by atoms with Crippen LogP contribution in [0.5, 0.6) is 11.5 Å². The van der Waals surface area contributed by atoms with Crippen molar-refractivity contribution >= 4 is 46.3 Å². The molecule has 196 valence electrons. The van der Waals surface area contributed by atoms with Crippen LogP contribution in [0.1, 0.15) is 22.9 Å². The number of anilines is 1. The Balaban J connectivity index is 1.57. The summed E-state index contributed by atoms with van der Waals surface area (Å²) in [6.07, 6.45) is 1.55. The molecule has 4 aromatic rings. The summed E-state index contributed by atoms with van der Waals surface area (Å²) in [5.41, 5.74) is 1.74. The number of nitrogens with zero attached hydrogens (tertiary/aromatic N) is 2. The molecule has 7 nitrogen and oxygen atoms in total. The van der Waals surface area contributed by atoms with Crippen molar-refractivity contribution in [2.24, 2.45) is 0 Å². The predicted molar refractivity (Wildman–Crippen MR) is 149 cm³/mol. The van der Waals surface area contributed by atoms with Gasteiger partial charge in [0.05, 0.1) is 29.0 Å². The van der Waals surface area contributed by atoms with Gasteiger partial charge in [-0.1, -0.05) is 59.6 Å². The highest BCUT2D eigenvalue weighted by molar-refractivity contribution is 6.51. The standard InChI is InChI=1S/C30H22Cl2N2O5/c1-38-29-22(15-19(31)16-23(29)32)27(35)25-26(24-9-5-6-14-33-24)34(30(37)28(25)36)20-10-12-21(13-11-20)39-17-18-7-3-2-4-8-18/h2-16,26,35H,17H2,1H3/b27-25+. The molecule has 1 aliphatic heterocycles. The van der Waals surface area contributed by atoms with E-state index >= 15 is 0 Å². The zero-order chi connectivity index (χ0) is 27.5. The number of halogens is 2. The number of carbonyl (C=O) groups excluding carboxylic acids is 2. The fraction of sp³-hybridized carbons (Fsp3) is 0.100. The molecule has 9 heteroatoms. The highest BCUT2D eigenvalue weighted by atomic mass is 35.5. The number of aromatic nitrogens is 1. The molecule has 1 amide bonds. The van der Waals surface area contributed by atoms with Crippen LogP contribution in [-0.2, 0) is 16.2 Å². The summed E-state index contributed by atoms with van der Waals surface area (Å²) in [6, 6.07) is 23.5. The van der Waals surface area contributed by atoms with Crippen LogP contribution in [-0.4, -0.2) is 28.9 Å². The molecule has 0 radical (unpaired) electrons. The first-order valence-electron chi connectivity index (χ1n) is 11.9. The summed E-state index contributed by atoms with van der Waals surface area (Å²) in [5.74, 6) is -1.48. The fourth-order valence-electron chi connectivity index (χ4n) is 4.45. The van der Waals surface area contributed by atoms with Crippen LogP contribution in [0, 0.1) is 0 Å². The summed E-state index contributed by atoms with van der Waals surface area (Å²) in [4.78, 5) is 32.5. The highest BCUT2D eigenvalue weighted by Crippen LogP contribution is 2.44. The van der Waals surface area contributed by atoms with Crippen LogP contribution in [0.15, 0.2) is 96.7 Å². The number of aliphatic hydroxyl groups is 1. The van der Waals surface area contributed by atoms with Crippen molar-refractivity contribution in [1.29, 1.82) is 0 Å². The lowest BCUT2D eigenvalue weighted by atomic mass is 9.97. The van der Waals surface area contributed by atoms with Gasteiger partial charge in [-0.3, -0.25) is 19.5 Å². The quantitative estimate of drug-likeness (QED) is 0.155. The Morgan fingerprint density at radius 2 is 1.69 bits per heavy atom. The van der Waals surface area contributed by atoms with E-state index in [9.17, 15) is 14.7 Å². The number of hydrogen-bond donors (Lipinski definition) is 1. The van der Waals surface area contributed by atoms with E-state index in [0.29, 0.717) is 23.7 Å². The number of carbonyl (C=O) groups is 2. The molecular weight excluding hydrogens is 539 g/mol. The van der Waals surface area contributed by atoms with Crippen molar-refractivity contribution in [2.45, 2.75) is 12.6 Å². The number of aliphatic hydroxyl groups excluding tert-OH is 1. The summed E-state index contributed by atoms with van der Waals surface area (Å²) in [5, 5.41) is 11.8. The molecule has 39 heavy (non-hydrogen) atoms. The maximum atomic E-state index is 13.4. The average molecular weight is 561 g/mol. The summed E-state index contributed by atoms with van der Waals surface area (Å²) >= 11 is 12.5. The van der Waals surface area contributed by atoms with Gasteiger partial charge in [0.1, 0.15) is 29.9 Å². The second kappa shape index (κ2) is 11.2. The van der Waals surface area contributed by atoms with E-state index in [1.165, 1.54) is 24.1 Å². The highest BCUT2D eigenvalue weighted by Gasteiger charge is 2.48. The van der Waals surface area contributed by atoms with Crippen LogP contribution in [0.3, 0.4) is 0 Å². The summed E-state index contributed by atoms with van der Waals surface area (Å²) in [6.45, 7) is 0.378. The Hall–Kier alpha value is -4.33. The third kappa shape index (κ3) is 5.19. The molecule has 1 fully saturated rings. The second-order valence-electron chi connectivity index (χ2n) is 8.66. The minimum absolute atomic E-state index is 0.0820. The van der Waals surface area contributed by atoms with E-state index in [0.717, 1.165) is 5.56 Å². The monoisotopic (exact) mass is 560 g/mol. The van der Waals surface area contributed by atoms with Gasteiger partial charge in [-0.15, -0.1) is 0 Å². The number of rotatable bonds is 7. The molecule has 0 aliphatic carbocycles. The van der Waals surface area contributed by atoms with Gasteiger partial charge < -0.3 is 14.6 Å². The molecule has 2 heterocycles. The zero-order valence-electron chi connectivity index (χ0n) is 20.7. The number of methoxy groups -OCH3 is 1. The maximum absolute atomic E-state index is 13.4. The van der Waals surface area contributed by atoms with Gasteiger partial charge in [-0.25, -0.2) is 0 Å². The van der Waals surface area contributed by atoms with E-state index in [1.54, 1.807) is 48.7 Å². The second-order valence-corrected chi connectivity index (χ2v) is 9.50. The van der Waals surface area contributed by atoms with E-state index in [1.807, 2.05) is 30.3 Å². The first-order chi connectivity index (χ1) is 18.9. The van der Waals surface area contributed by atoms with Gasteiger partial charge in [-0.05, 0) is 54.1 Å². The molecule has 5 rings (SSSR count). The van der Waals surface area contributed by atoms with Crippen LogP contribution < -0.4 is 14.4 Å². The zero-order valence-corrected chi connectivity index (χ0v) is 22.2. The number of benzene rings is 3. The van der Waals surface area contributed by atoms with Gasteiger partial charge in [0.25, 0.3) is 11.7 Å². The molecule has 1 aliphatic rings. The average Bonchev–Trinajstić information content (AvgIpc) is 3.22. The van der Waals surface area contributed by atoms with Gasteiger partial charge in [-0.2, -0.15) is 0 Å². The van der Waals surface area contributed by atoms with Crippen molar-refractivity contribution in [2.75, 3.05) is 12.0 Å². The molecule has 1 N–H and O–H groups in total. The fourth-order valence-corrected chi connectivity index (χ4v) is 5.02. The summed E-state index contributed by atoms with van der Waals surface area (Å²) in [7, 11) is 1.38. The van der Waals surface area contributed by atoms with Crippen molar-refractivity contribution < 1.29 is 24.2 Å². The molecule has 0 bridgehead atoms. The Labute approximate surface area is 234 Å². The van der Waals surface area contributed by atoms with Crippen LogP contribution in [0.25, 0.3) is 5.76 Å². The smallest absolute Gasteiger partial charge is 0.300 e. The lowest BCUT2D eigenvalue weighted by Crippen LogP contribution is -2.29. The molecule has 3 aromatic carbocycles. The molecular formula is C30H22Cl2N2O5. The van der Waals surface area contributed by atoms with Crippen molar-refractivity contribution in [1.82, 2.24) is 4.98 Å². The van der Waals surface area contributed by atoms with E-state index < -0.39 is 23.5 Å².